The number of aromatic nitrogens is 3. The lowest BCUT2D eigenvalue weighted by Crippen LogP contribution is -2.45. The van der Waals surface area contributed by atoms with Crippen LogP contribution in [0.4, 0.5) is 17.6 Å². The van der Waals surface area contributed by atoms with E-state index in [4.69, 9.17) is 22.2 Å². The zero-order valence-electron chi connectivity index (χ0n) is 19.9. The zero-order valence-corrected chi connectivity index (χ0v) is 21.5. The summed E-state index contributed by atoms with van der Waals surface area (Å²) in [4.78, 5) is 41.3. The Morgan fingerprint density at radius 3 is 2.45 bits per heavy atom. The molecule has 0 saturated heterocycles. The van der Waals surface area contributed by atoms with Crippen LogP contribution in [-0.4, -0.2) is 31.4 Å². The monoisotopic (exact) mass is 596 g/mol. The van der Waals surface area contributed by atoms with E-state index in [1.54, 1.807) is 30.3 Å². The number of rotatable bonds is 8. The fourth-order valence-electron chi connectivity index (χ4n) is 3.57. The van der Waals surface area contributed by atoms with Crippen LogP contribution in [0.2, 0.25) is 5.02 Å². The third-order valence-electron chi connectivity index (χ3n) is 5.42. The molecule has 1 unspecified atom stereocenters. The minimum absolute atomic E-state index is 0.0144. The van der Waals surface area contributed by atoms with Gasteiger partial charge >= 0.3 is 17.8 Å². The summed E-state index contributed by atoms with van der Waals surface area (Å²) in [5.74, 6) is 2.71. The van der Waals surface area contributed by atoms with Crippen molar-refractivity contribution in [3.05, 3.63) is 110 Å². The summed E-state index contributed by atoms with van der Waals surface area (Å²) in [5.41, 5.74) is -4.87. The molecule has 2 heterocycles. The number of ether oxygens (including phenoxy) is 1. The number of halogens is 5. The van der Waals surface area contributed by atoms with Gasteiger partial charge in [0.1, 0.15) is 5.82 Å². The standard InChI is InChI=1S/C25H17ClF4N4O5S/c26-14-10-15(27)16(33-21(35)12-20(25(28,29)30)34(31)24(33)38)11-19(14)40-18-7-4-8-32-22(18)39-17(23(36)37)9-13-5-2-1-3-6-13/h1-8,10-12,17H,9,31H2,(H,36,37). The minimum Gasteiger partial charge on any atom is -0.478 e. The van der Waals surface area contributed by atoms with Gasteiger partial charge in [0.05, 0.1) is 15.6 Å². The number of hydrogen-bond acceptors (Lipinski definition) is 7. The van der Waals surface area contributed by atoms with Crippen LogP contribution in [0, 0.1) is 5.82 Å². The number of hydrogen-bond donors (Lipinski definition) is 2. The summed E-state index contributed by atoms with van der Waals surface area (Å²) >= 11 is 7.02. The Labute approximate surface area is 231 Å². The van der Waals surface area contributed by atoms with Crippen molar-refractivity contribution in [2.45, 2.75) is 28.5 Å². The molecule has 0 aliphatic heterocycles. The summed E-state index contributed by atoms with van der Waals surface area (Å²) in [5, 5.41) is 9.50. The summed E-state index contributed by atoms with van der Waals surface area (Å²) in [6.07, 6.45) is -5.08. The molecule has 2 aromatic carbocycles. The number of nitrogens with two attached hydrogens (primary N) is 1. The molecule has 0 aliphatic rings. The molecule has 0 aliphatic carbocycles. The lowest BCUT2D eigenvalue weighted by Gasteiger charge is -2.17. The van der Waals surface area contributed by atoms with Gasteiger partial charge in [0.15, 0.2) is 5.69 Å². The Morgan fingerprint density at radius 1 is 1.10 bits per heavy atom. The van der Waals surface area contributed by atoms with E-state index >= 15 is 0 Å². The number of alkyl halides is 3. The zero-order chi connectivity index (χ0) is 29.2. The molecule has 0 amide bonds. The lowest BCUT2D eigenvalue weighted by molar-refractivity contribution is -0.145. The second kappa shape index (κ2) is 11.4. The fourth-order valence-corrected chi connectivity index (χ4v) is 4.73. The molecule has 4 aromatic rings. The van der Waals surface area contributed by atoms with Gasteiger partial charge in [-0.1, -0.05) is 53.7 Å². The summed E-state index contributed by atoms with van der Waals surface area (Å²) in [7, 11) is 0. The van der Waals surface area contributed by atoms with E-state index in [-0.39, 0.29) is 42.4 Å². The number of pyridine rings is 1. The third kappa shape index (κ3) is 6.13. The highest BCUT2D eigenvalue weighted by atomic mass is 35.5. The molecule has 4 rings (SSSR count). The summed E-state index contributed by atoms with van der Waals surface area (Å²) in [6, 6.07) is 13.5. The Kier molecular flexibility index (Phi) is 8.21. The van der Waals surface area contributed by atoms with Crippen LogP contribution in [0.15, 0.2) is 86.2 Å². The maximum Gasteiger partial charge on any atom is 0.433 e. The second-order valence-electron chi connectivity index (χ2n) is 8.13. The summed E-state index contributed by atoms with van der Waals surface area (Å²) in [6.45, 7) is 0. The van der Waals surface area contributed by atoms with Gasteiger partial charge in [-0.05, 0) is 29.8 Å². The van der Waals surface area contributed by atoms with Crippen LogP contribution < -0.4 is 21.8 Å². The van der Waals surface area contributed by atoms with Gasteiger partial charge in [-0.3, -0.25) is 4.79 Å². The van der Waals surface area contributed by atoms with E-state index < -0.39 is 46.7 Å². The average molecular weight is 597 g/mol. The van der Waals surface area contributed by atoms with Crippen molar-refractivity contribution < 1.29 is 32.2 Å². The van der Waals surface area contributed by atoms with Crippen molar-refractivity contribution in [3.8, 4) is 11.6 Å². The predicted molar refractivity (Wildman–Crippen MR) is 137 cm³/mol. The lowest BCUT2D eigenvalue weighted by atomic mass is 10.1. The highest BCUT2D eigenvalue weighted by Gasteiger charge is 2.36. The first-order valence-electron chi connectivity index (χ1n) is 11.1. The van der Waals surface area contributed by atoms with E-state index in [1.165, 1.54) is 18.3 Å². The largest absolute Gasteiger partial charge is 0.478 e. The molecule has 40 heavy (non-hydrogen) atoms. The Hall–Kier alpha value is -4.30. The predicted octanol–water partition coefficient (Wildman–Crippen LogP) is 4.15. The quantitative estimate of drug-likeness (QED) is 0.229. The third-order valence-corrected chi connectivity index (χ3v) is 6.93. The molecule has 3 N–H and O–H groups in total. The van der Waals surface area contributed by atoms with Crippen LogP contribution in [0.3, 0.4) is 0 Å². The van der Waals surface area contributed by atoms with Crippen LogP contribution in [0.5, 0.6) is 5.88 Å². The Morgan fingerprint density at radius 2 is 1.80 bits per heavy atom. The highest BCUT2D eigenvalue weighted by molar-refractivity contribution is 7.99. The van der Waals surface area contributed by atoms with Crippen molar-refractivity contribution >= 4 is 29.3 Å². The van der Waals surface area contributed by atoms with Crippen molar-refractivity contribution in [3.63, 3.8) is 0 Å². The van der Waals surface area contributed by atoms with Gasteiger partial charge in [-0.2, -0.15) is 13.2 Å². The molecule has 0 fully saturated rings. The van der Waals surface area contributed by atoms with Crippen molar-refractivity contribution in [2.75, 3.05) is 5.84 Å². The summed E-state index contributed by atoms with van der Waals surface area (Å²) < 4.78 is 59.8. The number of carboxylic acids is 1. The van der Waals surface area contributed by atoms with Gasteiger partial charge in [-0.15, -0.1) is 0 Å². The second-order valence-corrected chi connectivity index (χ2v) is 9.62. The van der Waals surface area contributed by atoms with Crippen molar-refractivity contribution in [2.24, 2.45) is 0 Å². The van der Waals surface area contributed by atoms with Gasteiger partial charge in [0, 0.05) is 23.6 Å². The van der Waals surface area contributed by atoms with E-state index in [1.807, 2.05) is 0 Å². The number of aliphatic carboxylic acids is 1. The molecule has 0 radical (unpaired) electrons. The smallest absolute Gasteiger partial charge is 0.433 e. The molecule has 9 nitrogen and oxygen atoms in total. The van der Waals surface area contributed by atoms with E-state index in [2.05, 4.69) is 4.98 Å². The van der Waals surface area contributed by atoms with Gasteiger partial charge in [-0.25, -0.2) is 28.2 Å². The first-order chi connectivity index (χ1) is 18.9. The van der Waals surface area contributed by atoms with Gasteiger partial charge in [0.25, 0.3) is 5.56 Å². The number of carbonyl (C=O) groups is 1. The van der Waals surface area contributed by atoms with Crippen LogP contribution in [0.25, 0.3) is 5.69 Å². The maximum atomic E-state index is 14.9. The molecule has 2 aromatic heterocycles. The number of nitrogen functional groups attached to an aromatic ring is 1. The number of carboxylic acid groups (broad SMARTS) is 1. The highest BCUT2D eigenvalue weighted by Crippen LogP contribution is 2.39. The molecule has 0 bridgehead atoms. The van der Waals surface area contributed by atoms with Crippen LogP contribution in [-0.2, 0) is 17.4 Å². The first-order valence-corrected chi connectivity index (χ1v) is 12.3. The van der Waals surface area contributed by atoms with Gasteiger partial charge in [0.2, 0.25) is 12.0 Å². The Balaban J connectivity index is 1.72. The first kappa shape index (κ1) is 28.7. The minimum atomic E-state index is -5.11. The van der Waals surface area contributed by atoms with Crippen LogP contribution in [0.1, 0.15) is 11.3 Å². The number of nitrogens with zero attached hydrogens (tertiary/aromatic N) is 3. The van der Waals surface area contributed by atoms with Crippen molar-refractivity contribution in [1.29, 1.82) is 0 Å². The maximum absolute atomic E-state index is 14.9. The number of benzene rings is 2. The Bertz CT molecular complexity index is 1700. The molecular formula is C25H17ClF4N4O5S. The normalized spacial score (nSPS) is 12.2. The molecule has 0 saturated carbocycles. The molecular weight excluding hydrogens is 580 g/mol. The average Bonchev–Trinajstić information content (AvgIpc) is 2.89. The molecule has 208 valence electrons. The SMILES string of the molecule is Nn1c(C(F)(F)F)cc(=O)n(-c2cc(Sc3cccnc3OC(Cc3ccccc3)C(=O)O)c(Cl)cc2F)c1=O. The van der Waals surface area contributed by atoms with Crippen molar-refractivity contribution in [1.82, 2.24) is 14.2 Å². The fraction of sp³-hybridized carbons (Fsp3) is 0.120. The van der Waals surface area contributed by atoms with E-state index in [9.17, 15) is 37.1 Å². The van der Waals surface area contributed by atoms with Crippen LogP contribution >= 0.6 is 23.4 Å². The van der Waals surface area contributed by atoms with E-state index in [0.717, 1.165) is 23.9 Å². The van der Waals surface area contributed by atoms with Gasteiger partial charge < -0.3 is 15.7 Å². The topological polar surface area (TPSA) is 129 Å². The molecule has 0 spiro atoms. The van der Waals surface area contributed by atoms with E-state index in [0.29, 0.717) is 5.56 Å². The molecule has 15 heteroatoms. The molecule has 1 atom stereocenters.